The molecule has 0 aliphatic carbocycles. The van der Waals surface area contributed by atoms with Crippen LogP contribution in [0.1, 0.15) is 19.4 Å². The van der Waals surface area contributed by atoms with Gasteiger partial charge in [-0.25, -0.2) is 4.39 Å². The van der Waals surface area contributed by atoms with Crippen LogP contribution in [0.5, 0.6) is 0 Å². The van der Waals surface area contributed by atoms with E-state index in [0.29, 0.717) is 30.5 Å². The molecule has 6 nitrogen and oxygen atoms in total. The SMILES string of the molecule is COC1CN(c2ccnc(-c3ccc(CN4CCN(C(C)C)CC4)cc3F)c2)CCO1. The van der Waals surface area contributed by atoms with Gasteiger partial charge in [-0.15, -0.1) is 0 Å². The molecule has 2 fully saturated rings. The number of halogens is 1. The van der Waals surface area contributed by atoms with Crippen molar-refractivity contribution in [2.75, 3.05) is 57.9 Å². The maximum absolute atomic E-state index is 15.0. The van der Waals surface area contributed by atoms with Gasteiger partial charge in [-0.1, -0.05) is 6.07 Å². The Morgan fingerprint density at radius 1 is 1.13 bits per heavy atom. The molecule has 0 radical (unpaired) electrons. The quantitative estimate of drug-likeness (QED) is 0.704. The van der Waals surface area contributed by atoms with E-state index in [1.807, 2.05) is 24.3 Å². The second kappa shape index (κ2) is 10.0. The Labute approximate surface area is 184 Å². The van der Waals surface area contributed by atoms with E-state index in [1.165, 1.54) is 0 Å². The molecule has 0 spiro atoms. The van der Waals surface area contributed by atoms with Gasteiger partial charge in [-0.3, -0.25) is 14.8 Å². The topological polar surface area (TPSA) is 41.1 Å². The van der Waals surface area contributed by atoms with Crippen LogP contribution >= 0.6 is 0 Å². The van der Waals surface area contributed by atoms with Crippen LogP contribution in [0.25, 0.3) is 11.3 Å². The number of pyridine rings is 1. The van der Waals surface area contributed by atoms with Crippen molar-refractivity contribution in [3.63, 3.8) is 0 Å². The first-order valence-electron chi connectivity index (χ1n) is 11.1. The maximum atomic E-state index is 15.0. The van der Waals surface area contributed by atoms with Gasteiger partial charge in [0.15, 0.2) is 6.29 Å². The first kappa shape index (κ1) is 22.1. The summed E-state index contributed by atoms with van der Waals surface area (Å²) in [5.41, 5.74) is 3.19. The molecule has 2 aliphatic rings. The number of piperazine rings is 1. The van der Waals surface area contributed by atoms with Crippen molar-refractivity contribution in [1.29, 1.82) is 0 Å². The highest BCUT2D eigenvalue weighted by Crippen LogP contribution is 2.27. The highest BCUT2D eigenvalue weighted by molar-refractivity contribution is 5.65. The van der Waals surface area contributed by atoms with Crippen molar-refractivity contribution < 1.29 is 13.9 Å². The molecule has 0 saturated carbocycles. The monoisotopic (exact) mass is 428 g/mol. The minimum Gasteiger partial charge on any atom is -0.364 e. The molecule has 1 aromatic carbocycles. The third kappa shape index (κ3) is 5.41. The zero-order valence-corrected chi connectivity index (χ0v) is 18.8. The molecular weight excluding hydrogens is 395 g/mol. The van der Waals surface area contributed by atoms with E-state index in [-0.39, 0.29) is 12.1 Å². The van der Waals surface area contributed by atoms with Crippen molar-refractivity contribution in [2.45, 2.75) is 32.7 Å². The second-order valence-electron chi connectivity index (χ2n) is 8.60. The van der Waals surface area contributed by atoms with Crippen LogP contribution < -0.4 is 4.90 Å². The van der Waals surface area contributed by atoms with Gasteiger partial charge in [0.1, 0.15) is 5.82 Å². The summed E-state index contributed by atoms with van der Waals surface area (Å²) in [7, 11) is 1.65. The van der Waals surface area contributed by atoms with Crippen LogP contribution in [0.3, 0.4) is 0 Å². The summed E-state index contributed by atoms with van der Waals surface area (Å²) in [6.45, 7) is 11.5. The lowest BCUT2D eigenvalue weighted by Gasteiger charge is -2.37. The van der Waals surface area contributed by atoms with E-state index in [4.69, 9.17) is 9.47 Å². The molecule has 2 saturated heterocycles. The fourth-order valence-corrected chi connectivity index (χ4v) is 4.32. The second-order valence-corrected chi connectivity index (χ2v) is 8.60. The summed E-state index contributed by atoms with van der Waals surface area (Å²) in [6, 6.07) is 10.0. The van der Waals surface area contributed by atoms with Crippen LogP contribution in [0.15, 0.2) is 36.5 Å². The zero-order valence-electron chi connectivity index (χ0n) is 18.8. The lowest BCUT2D eigenvalue weighted by atomic mass is 10.1. The molecule has 0 N–H and O–H groups in total. The molecule has 0 amide bonds. The first-order valence-corrected chi connectivity index (χ1v) is 11.1. The van der Waals surface area contributed by atoms with E-state index in [0.717, 1.165) is 50.5 Å². The normalized spacial score (nSPS) is 21.1. The third-order valence-electron chi connectivity index (χ3n) is 6.26. The summed E-state index contributed by atoms with van der Waals surface area (Å²) >= 11 is 0. The number of hydrogen-bond donors (Lipinski definition) is 0. The Bertz CT molecular complexity index is 870. The maximum Gasteiger partial charge on any atom is 0.174 e. The van der Waals surface area contributed by atoms with Crippen LogP contribution in [-0.2, 0) is 16.0 Å². The van der Waals surface area contributed by atoms with Gasteiger partial charge in [0.2, 0.25) is 0 Å². The molecule has 2 aromatic rings. The molecule has 1 atom stereocenters. The summed E-state index contributed by atoms with van der Waals surface area (Å²) in [5.74, 6) is -0.222. The van der Waals surface area contributed by atoms with Gasteiger partial charge >= 0.3 is 0 Å². The largest absolute Gasteiger partial charge is 0.364 e. The highest BCUT2D eigenvalue weighted by atomic mass is 19.1. The Kier molecular flexibility index (Phi) is 7.17. The van der Waals surface area contributed by atoms with Gasteiger partial charge in [0.05, 0.1) is 18.8 Å². The molecule has 1 unspecified atom stereocenters. The smallest absolute Gasteiger partial charge is 0.174 e. The van der Waals surface area contributed by atoms with Crippen LogP contribution in [0.4, 0.5) is 10.1 Å². The van der Waals surface area contributed by atoms with E-state index in [9.17, 15) is 0 Å². The van der Waals surface area contributed by atoms with E-state index >= 15 is 4.39 Å². The van der Waals surface area contributed by atoms with E-state index in [2.05, 4.69) is 33.5 Å². The van der Waals surface area contributed by atoms with E-state index < -0.39 is 0 Å². The van der Waals surface area contributed by atoms with Crippen molar-refractivity contribution in [3.8, 4) is 11.3 Å². The molecule has 4 rings (SSSR count). The van der Waals surface area contributed by atoms with Crippen molar-refractivity contribution >= 4 is 5.69 Å². The molecule has 0 bridgehead atoms. The molecular formula is C24H33FN4O2. The van der Waals surface area contributed by atoms with Gasteiger partial charge in [0, 0.05) is 69.9 Å². The number of anilines is 1. The number of aromatic nitrogens is 1. The molecule has 2 aliphatic heterocycles. The summed E-state index contributed by atoms with van der Waals surface area (Å²) in [6.07, 6.45) is 1.49. The zero-order chi connectivity index (χ0) is 21.8. The summed E-state index contributed by atoms with van der Waals surface area (Å²) in [4.78, 5) is 11.5. The fourth-order valence-electron chi connectivity index (χ4n) is 4.32. The number of hydrogen-bond acceptors (Lipinski definition) is 6. The lowest BCUT2D eigenvalue weighted by Crippen LogP contribution is -2.48. The lowest BCUT2D eigenvalue weighted by molar-refractivity contribution is -0.128. The minimum atomic E-state index is -0.246. The molecule has 7 heteroatoms. The standard InChI is InChI=1S/C24H33FN4O2/c1-18(2)28-10-8-27(9-11-28)16-19-4-5-21(22(25)14-19)23-15-20(6-7-26-23)29-12-13-31-24(17-29)30-3/h4-7,14-15,18,24H,8-13,16-17H2,1-3H3. The number of nitrogens with zero attached hydrogens (tertiary/aromatic N) is 4. The van der Waals surface area contributed by atoms with Crippen molar-refractivity contribution in [2.24, 2.45) is 0 Å². The van der Waals surface area contributed by atoms with Crippen LogP contribution in [-0.4, -0.2) is 80.1 Å². The summed E-state index contributed by atoms with van der Waals surface area (Å²) < 4.78 is 25.9. The predicted molar refractivity (Wildman–Crippen MR) is 121 cm³/mol. The van der Waals surface area contributed by atoms with Crippen molar-refractivity contribution in [3.05, 3.63) is 47.9 Å². The third-order valence-corrected chi connectivity index (χ3v) is 6.26. The first-order chi connectivity index (χ1) is 15.0. The number of ether oxygens (including phenoxy) is 2. The fraction of sp³-hybridized carbons (Fsp3) is 0.542. The Morgan fingerprint density at radius 2 is 1.94 bits per heavy atom. The van der Waals surface area contributed by atoms with Gasteiger partial charge in [-0.05, 0) is 43.7 Å². The predicted octanol–water partition coefficient (Wildman–Crippen LogP) is 3.22. The Balaban J connectivity index is 1.44. The van der Waals surface area contributed by atoms with Gasteiger partial charge < -0.3 is 14.4 Å². The molecule has 31 heavy (non-hydrogen) atoms. The van der Waals surface area contributed by atoms with Crippen molar-refractivity contribution in [1.82, 2.24) is 14.8 Å². The molecule has 1 aromatic heterocycles. The average molecular weight is 429 g/mol. The number of rotatable bonds is 6. The van der Waals surface area contributed by atoms with Crippen LogP contribution in [0.2, 0.25) is 0 Å². The Morgan fingerprint density at radius 3 is 2.65 bits per heavy atom. The van der Waals surface area contributed by atoms with E-state index in [1.54, 1.807) is 19.4 Å². The summed E-state index contributed by atoms with van der Waals surface area (Å²) in [5, 5.41) is 0. The van der Waals surface area contributed by atoms with Crippen LogP contribution in [0, 0.1) is 5.82 Å². The average Bonchev–Trinajstić information content (AvgIpc) is 2.79. The van der Waals surface area contributed by atoms with Gasteiger partial charge in [-0.2, -0.15) is 0 Å². The molecule has 3 heterocycles. The molecule has 168 valence electrons. The Hall–Kier alpha value is -2.06. The number of methoxy groups -OCH3 is 1. The number of benzene rings is 1. The minimum absolute atomic E-state index is 0.222. The highest BCUT2D eigenvalue weighted by Gasteiger charge is 2.22. The number of morpholine rings is 1. The van der Waals surface area contributed by atoms with Gasteiger partial charge in [0.25, 0.3) is 0 Å².